The van der Waals surface area contributed by atoms with Gasteiger partial charge in [0.25, 0.3) is 0 Å². The normalized spacial score (nSPS) is 16.4. The molecule has 1 fully saturated rings. The molecule has 1 aromatic heterocycles. The molecule has 0 amide bonds. The van der Waals surface area contributed by atoms with Crippen molar-refractivity contribution in [1.82, 2.24) is 14.9 Å². The highest BCUT2D eigenvalue weighted by Gasteiger charge is 2.10. The fourth-order valence-electron chi connectivity index (χ4n) is 2.33. The van der Waals surface area contributed by atoms with Crippen LogP contribution in [0, 0.1) is 0 Å². The van der Waals surface area contributed by atoms with Crippen molar-refractivity contribution in [3.05, 3.63) is 29.5 Å². The molecule has 3 rings (SSSR count). The zero-order chi connectivity index (χ0) is 13.8. The van der Waals surface area contributed by atoms with Crippen LogP contribution < -0.4 is 5.32 Å². The molecule has 6 heteroatoms. The first-order chi connectivity index (χ1) is 9.83. The summed E-state index contributed by atoms with van der Waals surface area (Å²) in [5.74, 6) is 0.861. The van der Waals surface area contributed by atoms with Crippen molar-refractivity contribution in [3.8, 4) is 0 Å². The number of nitrogens with zero attached hydrogens (tertiary/aromatic N) is 3. The summed E-state index contributed by atoms with van der Waals surface area (Å²) in [6.45, 7) is 5.50. The number of hydrogen-bond donors (Lipinski definition) is 1. The topological polar surface area (TPSA) is 50.3 Å². The Kier molecular flexibility index (Phi) is 4.30. The first kappa shape index (κ1) is 13.5. The van der Waals surface area contributed by atoms with Crippen LogP contribution in [0.25, 0.3) is 10.9 Å². The first-order valence-corrected chi connectivity index (χ1v) is 7.15. The van der Waals surface area contributed by atoms with Crippen molar-refractivity contribution >= 4 is 28.3 Å². The summed E-state index contributed by atoms with van der Waals surface area (Å²) in [4.78, 5) is 10.9. The lowest BCUT2D eigenvalue weighted by atomic mass is 10.2. The van der Waals surface area contributed by atoms with Crippen molar-refractivity contribution in [2.24, 2.45) is 0 Å². The maximum Gasteiger partial charge on any atom is 0.137 e. The molecule has 0 bridgehead atoms. The molecule has 0 radical (unpaired) electrons. The number of fused-ring (bicyclic) bond motifs is 1. The van der Waals surface area contributed by atoms with E-state index >= 15 is 0 Å². The summed E-state index contributed by atoms with van der Waals surface area (Å²) in [5.41, 5.74) is 0.862. The average Bonchev–Trinajstić information content (AvgIpc) is 2.48. The molecule has 20 heavy (non-hydrogen) atoms. The highest BCUT2D eigenvalue weighted by molar-refractivity contribution is 6.31. The largest absolute Gasteiger partial charge is 0.379 e. The average molecular weight is 293 g/mol. The van der Waals surface area contributed by atoms with E-state index in [0.717, 1.165) is 56.1 Å². The third kappa shape index (κ3) is 3.17. The molecule has 1 aliphatic heterocycles. The Bertz CT molecular complexity index is 586. The van der Waals surface area contributed by atoms with Gasteiger partial charge in [0, 0.05) is 36.6 Å². The van der Waals surface area contributed by atoms with Gasteiger partial charge in [0.2, 0.25) is 0 Å². The third-order valence-corrected chi connectivity index (χ3v) is 3.66. The lowest BCUT2D eigenvalue weighted by Crippen LogP contribution is -2.39. The van der Waals surface area contributed by atoms with E-state index in [2.05, 4.69) is 20.2 Å². The van der Waals surface area contributed by atoms with Gasteiger partial charge in [0.15, 0.2) is 0 Å². The highest BCUT2D eigenvalue weighted by Crippen LogP contribution is 2.22. The molecule has 0 spiro atoms. The van der Waals surface area contributed by atoms with Gasteiger partial charge < -0.3 is 10.1 Å². The van der Waals surface area contributed by atoms with Crippen molar-refractivity contribution in [2.75, 3.05) is 44.7 Å². The molecule has 1 N–H and O–H groups in total. The van der Waals surface area contributed by atoms with Gasteiger partial charge in [-0.2, -0.15) is 0 Å². The molecular weight excluding hydrogens is 276 g/mol. The lowest BCUT2D eigenvalue weighted by molar-refractivity contribution is 0.0398. The summed E-state index contributed by atoms with van der Waals surface area (Å²) < 4.78 is 5.34. The number of anilines is 1. The maximum atomic E-state index is 5.98. The van der Waals surface area contributed by atoms with Crippen LogP contribution in [0.3, 0.4) is 0 Å². The fraction of sp³-hybridized carbons (Fsp3) is 0.429. The summed E-state index contributed by atoms with van der Waals surface area (Å²) in [6.07, 6.45) is 1.57. The highest BCUT2D eigenvalue weighted by atomic mass is 35.5. The van der Waals surface area contributed by atoms with Crippen molar-refractivity contribution in [3.63, 3.8) is 0 Å². The standard InChI is InChI=1S/C14H17ClN4O/c15-11-1-2-12-13(9-11)17-10-18-14(12)16-3-4-19-5-7-20-8-6-19/h1-2,9-10H,3-8H2,(H,16,17,18). The van der Waals surface area contributed by atoms with Crippen LogP contribution in [0.2, 0.25) is 5.02 Å². The number of aromatic nitrogens is 2. The van der Waals surface area contributed by atoms with E-state index in [9.17, 15) is 0 Å². The maximum absolute atomic E-state index is 5.98. The molecular formula is C14H17ClN4O. The van der Waals surface area contributed by atoms with Crippen LogP contribution in [-0.4, -0.2) is 54.3 Å². The molecule has 1 saturated heterocycles. The quantitative estimate of drug-likeness (QED) is 0.934. The van der Waals surface area contributed by atoms with E-state index in [0.29, 0.717) is 5.02 Å². The van der Waals surface area contributed by atoms with E-state index in [-0.39, 0.29) is 0 Å². The van der Waals surface area contributed by atoms with E-state index < -0.39 is 0 Å². The molecule has 0 saturated carbocycles. The molecule has 1 aromatic carbocycles. The molecule has 0 unspecified atom stereocenters. The van der Waals surface area contributed by atoms with Gasteiger partial charge in [-0.15, -0.1) is 0 Å². The number of benzene rings is 1. The van der Waals surface area contributed by atoms with Gasteiger partial charge in [-0.25, -0.2) is 9.97 Å². The van der Waals surface area contributed by atoms with Crippen LogP contribution in [-0.2, 0) is 4.74 Å². The molecule has 106 valence electrons. The van der Waals surface area contributed by atoms with Crippen molar-refractivity contribution in [1.29, 1.82) is 0 Å². The number of rotatable bonds is 4. The Morgan fingerprint density at radius 3 is 2.95 bits per heavy atom. The van der Waals surface area contributed by atoms with E-state index in [1.807, 2.05) is 18.2 Å². The SMILES string of the molecule is Clc1ccc2c(NCCN3CCOCC3)ncnc2c1. The van der Waals surface area contributed by atoms with Gasteiger partial charge in [-0.3, -0.25) is 4.90 Å². The predicted molar refractivity (Wildman–Crippen MR) is 80.3 cm³/mol. The molecule has 2 aromatic rings. The van der Waals surface area contributed by atoms with Gasteiger partial charge in [0.05, 0.1) is 18.7 Å². The third-order valence-electron chi connectivity index (χ3n) is 3.42. The van der Waals surface area contributed by atoms with Gasteiger partial charge in [-0.05, 0) is 18.2 Å². The molecule has 0 atom stereocenters. The second kappa shape index (κ2) is 6.35. The van der Waals surface area contributed by atoms with Crippen LogP contribution in [0.5, 0.6) is 0 Å². The summed E-state index contributed by atoms with van der Waals surface area (Å²) in [5, 5.41) is 5.07. The molecule has 1 aliphatic rings. The van der Waals surface area contributed by atoms with E-state index in [4.69, 9.17) is 16.3 Å². The Morgan fingerprint density at radius 2 is 2.10 bits per heavy atom. The second-order valence-electron chi connectivity index (χ2n) is 4.76. The molecule has 5 nitrogen and oxygen atoms in total. The number of ether oxygens (including phenoxy) is 1. The van der Waals surface area contributed by atoms with Crippen LogP contribution >= 0.6 is 11.6 Å². The van der Waals surface area contributed by atoms with Gasteiger partial charge in [0.1, 0.15) is 12.1 Å². The van der Waals surface area contributed by atoms with E-state index in [1.54, 1.807) is 6.33 Å². The fourth-order valence-corrected chi connectivity index (χ4v) is 2.49. The Labute approximate surface area is 122 Å². The predicted octanol–water partition coefficient (Wildman–Crippen LogP) is 2.03. The number of nitrogens with one attached hydrogen (secondary N) is 1. The summed E-state index contributed by atoms with van der Waals surface area (Å²) in [7, 11) is 0. The minimum Gasteiger partial charge on any atom is -0.379 e. The number of hydrogen-bond acceptors (Lipinski definition) is 5. The van der Waals surface area contributed by atoms with Crippen LogP contribution in [0.1, 0.15) is 0 Å². The minimum absolute atomic E-state index is 0.690. The number of morpholine rings is 1. The van der Waals surface area contributed by atoms with E-state index in [1.165, 1.54) is 0 Å². The van der Waals surface area contributed by atoms with Crippen molar-refractivity contribution < 1.29 is 4.74 Å². The minimum atomic E-state index is 0.690. The monoisotopic (exact) mass is 292 g/mol. The zero-order valence-electron chi connectivity index (χ0n) is 11.2. The Morgan fingerprint density at radius 1 is 1.25 bits per heavy atom. The summed E-state index contributed by atoms with van der Waals surface area (Å²) in [6, 6.07) is 5.67. The molecule has 0 aliphatic carbocycles. The molecule has 2 heterocycles. The van der Waals surface area contributed by atoms with Gasteiger partial charge >= 0.3 is 0 Å². The lowest BCUT2D eigenvalue weighted by Gasteiger charge is -2.26. The Balaban J connectivity index is 1.65. The summed E-state index contributed by atoms with van der Waals surface area (Å²) >= 11 is 5.98. The Hall–Kier alpha value is -1.43. The number of halogens is 1. The second-order valence-corrected chi connectivity index (χ2v) is 5.20. The zero-order valence-corrected chi connectivity index (χ0v) is 11.9. The van der Waals surface area contributed by atoms with Gasteiger partial charge in [-0.1, -0.05) is 11.6 Å². The van der Waals surface area contributed by atoms with Crippen LogP contribution in [0.15, 0.2) is 24.5 Å². The van der Waals surface area contributed by atoms with Crippen LogP contribution in [0.4, 0.5) is 5.82 Å². The smallest absolute Gasteiger partial charge is 0.137 e. The first-order valence-electron chi connectivity index (χ1n) is 6.77. The van der Waals surface area contributed by atoms with Crippen molar-refractivity contribution in [2.45, 2.75) is 0 Å².